The van der Waals surface area contributed by atoms with E-state index in [2.05, 4.69) is 5.10 Å². The Hall–Kier alpha value is -2.33. The first-order valence-corrected chi connectivity index (χ1v) is 6.85. The lowest BCUT2D eigenvalue weighted by atomic mass is 10.0. The second-order valence-corrected chi connectivity index (χ2v) is 5.26. The normalized spacial score (nSPS) is 11.0. The van der Waals surface area contributed by atoms with Crippen molar-refractivity contribution in [3.63, 3.8) is 0 Å². The summed E-state index contributed by atoms with van der Waals surface area (Å²) < 4.78 is 1.76. The number of carboxylic acids is 1. The molecule has 0 aliphatic rings. The topological polar surface area (TPSA) is 55.1 Å². The Bertz CT molecular complexity index is 868. The quantitative estimate of drug-likeness (QED) is 0.778. The molecule has 0 radical (unpaired) electrons. The minimum atomic E-state index is -0.941. The average molecular weight is 301 g/mol. The molecule has 21 heavy (non-hydrogen) atoms. The highest BCUT2D eigenvalue weighted by Crippen LogP contribution is 2.29. The molecule has 1 heterocycles. The number of aromatic nitrogens is 2. The molecule has 0 aliphatic heterocycles. The highest BCUT2D eigenvalue weighted by Gasteiger charge is 2.16. The van der Waals surface area contributed by atoms with E-state index in [-0.39, 0.29) is 5.56 Å². The number of aryl methyl sites for hydroxylation is 1. The molecule has 4 nitrogen and oxygen atoms in total. The van der Waals surface area contributed by atoms with Crippen LogP contribution in [0.15, 0.2) is 36.4 Å². The van der Waals surface area contributed by atoms with Crippen molar-refractivity contribution in [2.75, 3.05) is 0 Å². The number of benzene rings is 2. The first kappa shape index (κ1) is 13.6. The number of hydrogen-bond acceptors (Lipinski definition) is 2. The lowest BCUT2D eigenvalue weighted by molar-refractivity contribution is 0.0699. The maximum Gasteiger partial charge on any atom is 0.336 e. The first-order valence-electron chi connectivity index (χ1n) is 6.48. The molecule has 0 atom stereocenters. The van der Waals surface area contributed by atoms with E-state index in [0.29, 0.717) is 10.4 Å². The molecule has 3 aromatic rings. The number of rotatable bonds is 2. The van der Waals surface area contributed by atoms with Crippen molar-refractivity contribution in [1.29, 1.82) is 0 Å². The molecule has 1 aromatic heterocycles. The van der Waals surface area contributed by atoms with E-state index >= 15 is 0 Å². The predicted octanol–water partition coefficient (Wildman–Crippen LogP) is 3.99. The summed E-state index contributed by atoms with van der Waals surface area (Å²) in [5, 5.41) is 15.9. The van der Waals surface area contributed by atoms with Gasteiger partial charge in [-0.05, 0) is 31.4 Å². The van der Waals surface area contributed by atoms with Gasteiger partial charge in [0.1, 0.15) is 0 Å². The van der Waals surface area contributed by atoms with Gasteiger partial charge >= 0.3 is 5.97 Å². The maximum atomic E-state index is 11.3. The zero-order chi connectivity index (χ0) is 15.1. The van der Waals surface area contributed by atoms with Gasteiger partial charge in [-0.3, -0.25) is 0 Å². The van der Waals surface area contributed by atoms with Crippen LogP contribution in [0.25, 0.3) is 16.5 Å². The highest BCUT2D eigenvalue weighted by molar-refractivity contribution is 6.31. The molecule has 0 saturated carbocycles. The number of hydrogen-bond donors (Lipinski definition) is 1. The van der Waals surface area contributed by atoms with Gasteiger partial charge in [0.15, 0.2) is 0 Å². The monoisotopic (exact) mass is 300 g/mol. The summed E-state index contributed by atoms with van der Waals surface area (Å²) in [6.45, 7) is 3.74. The molecule has 0 saturated heterocycles. The fraction of sp³-hybridized carbons (Fsp3) is 0.125. The summed E-state index contributed by atoms with van der Waals surface area (Å²) in [7, 11) is 0. The molecule has 0 fully saturated rings. The van der Waals surface area contributed by atoms with Gasteiger partial charge in [0.2, 0.25) is 0 Å². The predicted molar refractivity (Wildman–Crippen MR) is 82.5 cm³/mol. The van der Waals surface area contributed by atoms with Crippen molar-refractivity contribution in [2.45, 2.75) is 13.8 Å². The zero-order valence-electron chi connectivity index (χ0n) is 11.6. The van der Waals surface area contributed by atoms with Crippen molar-refractivity contribution >= 4 is 28.3 Å². The van der Waals surface area contributed by atoms with E-state index in [4.69, 9.17) is 11.6 Å². The van der Waals surface area contributed by atoms with Crippen LogP contribution in [0.4, 0.5) is 0 Å². The largest absolute Gasteiger partial charge is 0.478 e. The Morgan fingerprint density at radius 1 is 1.14 bits per heavy atom. The van der Waals surface area contributed by atoms with Crippen LogP contribution in [0.1, 0.15) is 21.7 Å². The second kappa shape index (κ2) is 4.90. The van der Waals surface area contributed by atoms with Crippen molar-refractivity contribution < 1.29 is 9.90 Å². The third-order valence-electron chi connectivity index (χ3n) is 3.56. The molecule has 0 bridgehead atoms. The van der Waals surface area contributed by atoms with E-state index in [9.17, 15) is 9.90 Å². The fourth-order valence-corrected chi connectivity index (χ4v) is 2.63. The van der Waals surface area contributed by atoms with Crippen LogP contribution in [0.3, 0.4) is 0 Å². The van der Waals surface area contributed by atoms with Crippen LogP contribution in [-0.4, -0.2) is 20.9 Å². The Balaban J connectivity index is 2.37. The van der Waals surface area contributed by atoms with E-state index in [1.807, 2.05) is 32.0 Å². The number of fused-ring (bicyclic) bond motifs is 1. The number of nitrogens with zero attached hydrogens (tertiary/aromatic N) is 2. The molecular formula is C16H13ClN2O2. The van der Waals surface area contributed by atoms with Crippen molar-refractivity contribution in [3.8, 4) is 5.69 Å². The van der Waals surface area contributed by atoms with Gasteiger partial charge in [-0.1, -0.05) is 35.9 Å². The van der Waals surface area contributed by atoms with Crippen LogP contribution in [0.2, 0.25) is 5.02 Å². The lowest BCUT2D eigenvalue weighted by Gasteiger charge is -2.10. The third-order valence-corrected chi connectivity index (χ3v) is 4.11. The summed E-state index contributed by atoms with van der Waals surface area (Å²) >= 11 is 6.20. The first-order chi connectivity index (χ1) is 10.0. The Morgan fingerprint density at radius 3 is 2.38 bits per heavy atom. The average Bonchev–Trinajstić information content (AvgIpc) is 2.73. The van der Waals surface area contributed by atoms with E-state index in [1.165, 1.54) is 0 Å². The summed E-state index contributed by atoms with van der Waals surface area (Å²) in [6.07, 6.45) is 0. The van der Waals surface area contributed by atoms with Gasteiger partial charge in [0, 0.05) is 5.39 Å². The summed E-state index contributed by atoms with van der Waals surface area (Å²) in [5.74, 6) is -0.941. The molecule has 0 unspecified atom stereocenters. The smallest absolute Gasteiger partial charge is 0.336 e. The maximum absolute atomic E-state index is 11.3. The van der Waals surface area contributed by atoms with Gasteiger partial charge in [-0.25, -0.2) is 9.48 Å². The van der Waals surface area contributed by atoms with E-state index in [0.717, 1.165) is 22.5 Å². The van der Waals surface area contributed by atoms with Crippen LogP contribution in [-0.2, 0) is 0 Å². The molecule has 5 heteroatoms. The number of carbonyl (C=O) groups is 1. The van der Waals surface area contributed by atoms with Gasteiger partial charge in [-0.15, -0.1) is 0 Å². The minimum absolute atomic E-state index is 0.280. The Labute approximate surface area is 126 Å². The van der Waals surface area contributed by atoms with Crippen LogP contribution >= 0.6 is 11.6 Å². The SMILES string of the molecule is Cc1nn(-c2ccc(C(=O)O)c3ccccc23)c(C)c1Cl. The van der Waals surface area contributed by atoms with Gasteiger partial charge in [0.05, 0.1) is 27.7 Å². The number of aromatic carboxylic acids is 1. The summed E-state index contributed by atoms with van der Waals surface area (Å²) in [6, 6.07) is 10.8. The molecule has 106 valence electrons. The van der Waals surface area contributed by atoms with Crippen molar-refractivity contribution in [1.82, 2.24) is 9.78 Å². The molecule has 1 N–H and O–H groups in total. The van der Waals surface area contributed by atoms with Crippen LogP contribution in [0.5, 0.6) is 0 Å². The van der Waals surface area contributed by atoms with E-state index in [1.54, 1.807) is 22.9 Å². The molecule has 2 aromatic carbocycles. The Morgan fingerprint density at radius 2 is 1.81 bits per heavy atom. The summed E-state index contributed by atoms with van der Waals surface area (Å²) in [4.78, 5) is 11.3. The van der Waals surface area contributed by atoms with Gasteiger partial charge in [0.25, 0.3) is 0 Å². The zero-order valence-corrected chi connectivity index (χ0v) is 12.3. The van der Waals surface area contributed by atoms with Crippen molar-refractivity contribution in [3.05, 3.63) is 58.4 Å². The van der Waals surface area contributed by atoms with Crippen molar-refractivity contribution in [2.24, 2.45) is 0 Å². The standard InChI is InChI=1S/C16H13ClN2O2/c1-9-15(17)10(2)19(18-9)14-8-7-13(16(20)21)11-5-3-4-6-12(11)14/h3-8H,1-2H3,(H,20,21). The molecule has 0 amide bonds. The molecule has 3 rings (SSSR count). The lowest BCUT2D eigenvalue weighted by Crippen LogP contribution is -2.03. The fourth-order valence-electron chi connectivity index (χ4n) is 2.51. The highest BCUT2D eigenvalue weighted by atomic mass is 35.5. The number of halogens is 1. The minimum Gasteiger partial charge on any atom is -0.478 e. The van der Waals surface area contributed by atoms with Crippen LogP contribution < -0.4 is 0 Å². The van der Waals surface area contributed by atoms with E-state index < -0.39 is 5.97 Å². The Kier molecular flexibility index (Phi) is 3.18. The van der Waals surface area contributed by atoms with Crippen LogP contribution in [0, 0.1) is 13.8 Å². The third kappa shape index (κ3) is 2.08. The summed E-state index contributed by atoms with van der Waals surface area (Å²) in [5.41, 5.74) is 2.69. The second-order valence-electron chi connectivity index (χ2n) is 4.88. The van der Waals surface area contributed by atoms with Gasteiger partial charge < -0.3 is 5.11 Å². The number of carboxylic acid groups (broad SMARTS) is 1. The molecular weight excluding hydrogens is 288 g/mol. The molecule has 0 spiro atoms. The molecule has 0 aliphatic carbocycles. The van der Waals surface area contributed by atoms with Gasteiger partial charge in [-0.2, -0.15) is 5.10 Å².